The van der Waals surface area contributed by atoms with Crippen molar-refractivity contribution in [1.29, 1.82) is 0 Å². The van der Waals surface area contributed by atoms with Crippen LogP contribution in [0.4, 0.5) is 0 Å². The lowest BCUT2D eigenvalue weighted by Gasteiger charge is -2.36. The Kier molecular flexibility index (Phi) is 4.64. The summed E-state index contributed by atoms with van der Waals surface area (Å²) in [6, 6.07) is 2.06. The van der Waals surface area contributed by atoms with Crippen molar-refractivity contribution in [2.75, 3.05) is 6.54 Å². The topological polar surface area (TPSA) is 115 Å². The number of nitrogens with zero attached hydrogens (tertiary/aromatic N) is 1. The first-order valence-corrected chi connectivity index (χ1v) is 7.06. The number of hydrogen-bond acceptors (Lipinski definition) is 5. The molecule has 7 nitrogen and oxygen atoms in total. The average molecular weight is 294 g/mol. The molecule has 1 aliphatic rings. The molecule has 2 amide bonds. The van der Waals surface area contributed by atoms with Gasteiger partial charge in [0.25, 0.3) is 0 Å². The predicted octanol–water partition coefficient (Wildman–Crippen LogP) is 0.277. The molecule has 2 heterocycles. The third-order valence-corrected chi connectivity index (χ3v) is 4.16. The second-order valence-corrected chi connectivity index (χ2v) is 5.62. The monoisotopic (exact) mass is 294 g/mol. The number of primary amides is 1. The number of piperidine rings is 1. The minimum atomic E-state index is -0.453. The largest absolute Gasteiger partial charge is 0.456 e. The van der Waals surface area contributed by atoms with Crippen molar-refractivity contribution in [3.05, 3.63) is 23.2 Å². The Labute approximate surface area is 123 Å². The molecule has 0 aliphatic carbocycles. The van der Waals surface area contributed by atoms with Gasteiger partial charge in [0.1, 0.15) is 5.76 Å². The Morgan fingerprint density at radius 1 is 1.48 bits per heavy atom. The van der Waals surface area contributed by atoms with Crippen LogP contribution in [0.15, 0.2) is 10.5 Å². The number of carbonyl (C=O) groups excluding carboxylic acids is 2. The summed E-state index contributed by atoms with van der Waals surface area (Å²) in [5, 5.41) is 0. The fourth-order valence-corrected chi connectivity index (χ4v) is 2.71. The number of aryl methyl sites for hydroxylation is 1. The summed E-state index contributed by atoms with van der Waals surface area (Å²) in [6.07, 6.45) is 1.76. The van der Waals surface area contributed by atoms with E-state index in [-0.39, 0.29) is 17.6 Å². The number of nitrogen functional groups attached to an aromatic ring is 1. The predicted molar refractivity (Wildman–Crippen MR) is 76.9 cm³/mol. The van der Waals surface area contributed by atoms with E-state index >= 15 is 0 Å². The van der Waals surface area contributed by atoms with Gasteiger partial charge in [-0.05, 0) is 32.8 Å². The van der Waals surface area contributed by atoms with E-state index in [0.29, 0.717) is 24.9 Å². The lowest BCUT2D eigenvalue weighted by molar-refractivity contribution is -0.124. The number of carbonyl (C=O) groups is 2. The van der Waals surface area contributed by atoms with Gasteiger partial charge in [-0.1, -0.05) is 0 Å². The standard InChI is InChI=1S/C14H22N4O3/c1-8-3-4-10(13(15)19)6-18(8)7-11-5-12(14(20)17-16)21-9(11)2/h5,8,10H,3-4,6-7,16H2,1-2H3,(H2,15,19)(H,17,20). The second kappa shape index (κ2) is 6.28. The molecule has 2 atom stereocenters. The molecular weight excluding hydrogens is 272 g/mol. The number of rotatable bonds is 4. The van der Waals surface area contributed by atoms with Crippen molar-refractivity contribution in [3.8, 4) is 0 Å². The lowest BCUT2D eigenvalue weighted by Crippen LogP contribution is -2.45. The Bertz CT molecular complexity index is 540. The normalized spacial score (nSPS) is 23.0. The third kappa shape index (κ3) is 3.43. The zero-order valence-corrected chi connectivity index (χ0v) is 12.4. The van der Waals surface area contributed by atoms with Crippen LogP contribution in [-0.4, -0.2) is 29.3 Å². The molecule has 0 aromatic carbocycles. The summed E-state index contributed by atoms with van der Waals surface area (Å²) in [5.74, 6) is 5.16. The minimum Gasteiger partial charge on any atom is -0.456 e. The van der Waals surface area contributed by atoms with Crippen LogP contribution in [0.25, 0.3) is 0 Å². The molecule has 2 rings (SSSR count). The molecule has 7 heteroatoms. The first kappa shape index (κ1) is 15.5. The van der Waals surface area contributed by atoms with E-state index in [1.54, 1.807) is 6.07 Å². The summed E-state index contributed by atoms with van der Waals surface area (Å²) in [7, 11) is 0. The van der Waals surface area contributed by atoms with Gasteiger partial charge in [0.05, 0.1) is 5.92 Å². The Morgan fingerprint density at radius 2 is 2.19 bits per heavy atom. The van der Waals surface area contributed by atoms with Crippen LogP contribution in [0.2, 0.25) is 0 Å². The Balaban J connectivity index is 2.11. The number of furan rings is 1. The zero-order valence-electron chi connectivity index (χ0n) is 12.4. The number of nitrogens with two attached hydrogens (primary N) is 2. The van der Waals surface area contributed by atoms with Gasteiger partial charge in [-0.3, -0.25) is 19.9 Å². The molecule has 116 valence electrons. The number of nitrogens with one attached hydrogen (secondary N) is 1. The van der Waals surface area contributed by atoms with Crippen LogP contribution in [0, 0.1) is 12.8 Å². The Hall–Kier alpha value is -1.86. The van der Waals surface area contributed by atoms with Crippen molar-refractivity contribution >= 4 is 11.8 Å². The molecule has 21 heavy (non-hydrogen) atoms. The van der Waals surface area contributed by atoms with E-state index in [1.807, 2.05) is 12.3 Å². The minimum absolute atomic E-state index is 0.111. The van der Waals surface area contributed by atoms with Gasteiger partial charge in [0.15, 0.2) is 5.76 Å². The van der Waals surface area contributed by atoms with Crippen molar-refractivity contribution in [1.82, 2.24) is 10.3 Å². The number of amides is 2. The number of likely N-dealkylation sites (tertiary alicyclic amines) is 1. The summed E-state index contributed by atoms with van der Waals surface area (Å²) in [6.45, 7) is 5.20. The van der Waals surface area contributed by atoms with Crippen LogP contribution in [0.5, 0.6) is 0 Å². The van der Waals surface area contributed by atoms with E-state index < -0.39 is 5.91 Å². The van der Waals surface area contributed by atoms with Crippen LogP contribution in [-0.2, 0) is 11.3 Å². The maximum Gasteiger partial charge on any atom is 0.300 e. The van der Waals surface area contributed by atoms with Crippen molar-refractivity contribution in [2.45, 2.75) is 39.3 Å². The molecule has 1 saturated heterocycles. The SMILES string of the molecule is Cc1oc(C(=O)NN)cc1CN1CC(C(N)=O)CCC1C. The van der Waals surface area contributed by atoms with Gasteiger partial charge >= 0.3 is 5.91 Å². The smallest absolute Gasteiger partial charge is 0.300 e. The van der Waals surface area contributed by atoms with Crippen molar-refractivity contribution < 1.29 is 14.0 Å². The molecule has 2 unspecified atom stereocenters. The lowest BCUT2D eigenvalue weighted by atomic mass is 9.92. The van der Waals surface area contributed by atoms with Crippen LogP contribution in [0.3, 0.4) is 0 Å². The Morgan fingerprint density at radius 3 is 2.81 bits per heavy atom. The molecular formula is C14H22N4O3. The summed E-state index contributed by atoms with van der Waals surface area (Å²) >= 11 is 0. The van der Waals surface area contributed by atoms with Crippen molar-refractivity contribution in [3.63, 3.8) is 0 Å². The van der Waals surface area contributed by atoms with Gasteiger partial charge in [-0.15, -0.1) is 0 Å². The maximum atomic E-state index is 11.5. The average Bonchev–Trinajstić information content (AvgIpc) is 2.81. The van der Waals surface area contributed by atoms with E-state index in [4.69, 9.17) is 16.0 Å². The van der Waals surface area contributed by atoms with Gasteiger partial charge in [0.2, 0.25) is 5.91 Å². The molecule has 0 spiro atoms. The highest BCUT2D eigenvalue weighted by atomic mass is 16.4. The van der Waals surface area contributed by atoms with Gasteiger partial charge in [0, 0.05) is 24.7 Å². The van der Waals surface area contributed by atoms with Gasteiger partial charge < -0.3 is 10.2 Å². The molecule has 1 aromatic rings. The molecule has 0 bridgehead atoms. The van der Waals surface area contributed by atoms with Gasteiger partial charge in [-0.2, -0.15) is 0 Å². The van der Waals surface area contributed by atoms with E-state index in [0.717, 1.165) is 18.4 Å². The van der Waals surface area contributed by atoms with Crippen LogP contribution in [0.1, 0.15) is 41.6 Å². The highest BCUT2D eigenvalue weighted by molar-refractivity contribution is 5.91. The number of hydrazine groups is 1. The first-order valence-electron chi connectivity index (χ1n) is 7.06. The number of hydrogen-bond donors (Lipinski definition) is 3. The summed E-state index contributed by atoms with van der Waals surface area (Å²) < 4.78 is 5.41. The van der Waals surface area contributed by atoms with E-state index in [9.17, 15) is 9.59 Å². The third-order valence-electron chi connectivity index (χ3n) is 4.16. The van der Waals surface area contributed by atoms with E-state index in [2.05, 4.69) is 11.8 Å². The fourth-order valence-electron chi connectivity index (χ4n) is 2.71. The molecule has 5 N–H and O–H groups in total. The van der Waals surface area contributed by atoms with Crippen LogP contribution >= 0.6 is 0 Å². The van der Waals surface area contributed by atoms with Crippen LogP contribution < -0.4 is 17.0 Å². The highest BCUT2D eigenvalue weighted by Crippen LogP contribution is 2.25. The maximum absolute atomic E-state index is 11.5. The highest BCUT2D eigenvalue weighted by Gasteiger charge is 2.29. The second-order valence-electron chi connectivity index (χ2n) is 5.62. The molecule has 1 aromatic heterocycles. The molecule has 0 saturated carbocycles. The summed E-state index contributed by atoms with van der Waals surface area (Å²) in [4.78, 5) is 25.0. The summed E-state index contributed by atoms with van der Waals surface area (Å²) in [5.41, 5.74) is 8.38. The first-order chi connectivity index (χ1) is 9.92. The van der Waals surface area contributed by atoms with Gasteiger partial charge in [-0.25, -0.2) is 5.84 Å². The van der Waals surface area contributed by atoms with Crippen molar-refractivity contribution in [2.24, 2.45) is 17.5 Å². The zero-order chi connectivity index (χ0) is 15.6. The van der Waals surface area contributed by atoms with E-state index in [1.165, 1.54) is 0 Å². The fraction of sp³-hybridized carbons (Fsp3) is 0.571. The molecule has 0 radical (unpaired) electrons. The molecule has 1 aliphatic heterocycles. The molecule has 1 fully saturated rings. The quantitative estimate of drug-likeness (QED) is 0.419.